The summed E-state index contributed by atoms with van der Waals surface area (Å²) in [5, 5.41) is 11.9. The largest absolute Gasteiger partial charge is 0.496 e. The first-order valence-electron chi connectivity index (χ1n) is 7.69. The standard InChI is InChI=1S/C18H18N4O2/c1-11-13(8-6-10-19)18(23)22-17(20-11)16(12(2)21-22)14-7-4-5-9-15(14)24-3/h4-5,7,9,21H,6,8H2,1-3H3. The summed E-state index contributed by atoms with van der Waals surface area (Å²) in [5.41, 5.74) is 4.21. The Bertz CT molecular complexity index is 1010. The van der Waals surface area contributed by atoms with Crippen molar-refractivity contribution in [2.24, 2.45) is 0 Å². The number of hydrogen-bond donors (Lipinski definition) is 1. The first kappa shape index (κ1) is 15.8. The molecule has 0 atom stereocenters. The Morgan fingerprint density at radius 1 is 1.33 bits per heavy atom. The van der Waals surface area contributed by atoms with E-state index < -0.39 is 0 Å². The molecular weight excluding hydrogens is 304 g/mol. The van der Waals surface area contributed by atoms with Gasteiger partial charge in [0.25, 0.3) is 5.56 Å². The van der Waals surface area contributed by atoms with Crippen LogP contribution in [0.5, 0.6) is 5.75 Å². The Balaban J connectivity index is 2.31. The maximum Gasteiger partial charge on any atom is 0.276 e. The highest BCUT2D eigenvalue weighted by Gasteiger charge is 2.19. The van der Waals surface area contributed by atoms with Gasteiger partial charge in [-0.1, -0.05) is 18.2 Å². The number of nitriles is 1. The van der Waals surface area contributed by atoms with E-state index in [0.717, 1.165) is 22.6 Å². The normalized spacial score (nSPS) is 10.8. The van der Waals surface area contributed by atoms with Crippen LogP contribution in [0.4, 0.5) is 0 Å². The molecule has 0 aliphatic heterocycles. The lowest BCUT2D eigenvalue weighted by Crippen LogP contribution is -2.21. The molecule has 0 amide bonds. The van der Waals surface area contributed by atoms with Crippen molar-refractivity contribution in [3.63, 3.8) is 0 Å². The summed E-state index contributed by atoms with van der Waals surface area (Å²) in [5.74, 6) is 0.725. The Morgan fingerprint density at radius 2 is 2.08 bits per heavy atom. The predicted octanol–water partition coefficient (Wildman–Crippen LogP) is 2.77. The van der Waals surface area contributed by atoms with Gasteiger partial charge >= 0.3 is 0 Å². The lowest BCUT2D eigenvalue weighted by Gasteiger charge is -2.08. The fraction of sp³-hybridized carbons (Fsp3) is 0.278. The van der Waals surface area contributed by atoms with E-state index in [9.17, 15) is 4.79 Å². The number of para-hydroxylation sites is 1. The van der Waals surface area contributed by atoms with Gasteiger partial charge in [-0.25, -0.2) is 9.50 Å². The van der Waals surface area contributed by atoms with Crippen molar-refractivity contribution in [3.05, 3.63) is 51.6 Å². The second kappa shape index (κ2) is 6.20. The summed E-state index contributed by atoms with van der Waals surface area (Å²) in [6.45, 7) is 3.71. The number of benzene rings is 1. The number of aryl methyl sites for hydroxylation is 2. The van der Waals surface area contributed by atoms with Gasteiger partial charge < -0.3 is 4.74 Å². The molecule has 0 fully saturated rings. The minimum absolute atomic E-state index is 0.156. The van der Waals surface area contributed by atoms with Crippen molar-refractivity contribution < 1.29 is 4.74 Å². The third-order valence-electron chi connectivity index (χ3n) is 4.12. The van der Waals surface area contributed by atoms with Gasteiger partial charge in [0.05, 0.1) is 18.7 Å². The number of nitrogens with zero attached hydrogens (tertiary/aromatic N) is 3. The summed E-state index contributed by atoms with van der Waals surface area (Å²) >= 11 is 0. The van der Waals surface area contributed by atoms with E-state index in [1.54, 1.807) is 7.11 Å². The SMILES string of the molecule is COc1ccccc1-c1c(C)[nH]n2c(=O)c(CCC#N)c(C)nc12. The summed E-state index contributed by atoms with van der Waals surface area (Å²) in [7, 11) is 1.62. The second-order valence-electron chi connectivity index (χ2n) is 5.61. The summed E-state index contributed by atoms with van der Waals surface area (Å²) < 4.78 is 6.90. The van der Waals surface area contributed by atoms with Gasteiger partial charge in [-0.2, -0.15) is 5.26 Å². The molecule has 6 heteroatoms. The quantitative estimate of drug-likeness (QED) is 0.800. The number of hydrogen-bond acceptors (Lipinski definition) is 4. The van der Waals surface area contributed by atoms with Crippen LogP contribution in [-0.4, -0.2) is 21.7 Å². The maximum atomic E-state index is 12.8. The molecule has 1 N–H and O–H groups in total. The molecule has 0 bridgehead atoms. The zero-order valence-corrected chi connectivity index (χ0v) is 13.9. The first-order chi connectivity index (χ1) is 11.6. The van der Waals surface area contributed by atoms with E-state index in [1.807, 2.05) is 38.1 Å². The molecule has 3 rings (SSSR count). The van der Waals surface area contributed by atoms with E-state index in [2.05, 4.69) is 16.2 Å². The average molecular weight is 322 g/mol. The molecule has 1 aromatic carbocycles. The molecular formula is C18H18N4O2. The van der Waals surface area contributed by atoms with Crippen LogP contribution in [0.1, 0.15) is 23.4 Å². The van der Waals surface area contributed by atoms with Gasteiger partial charge in [0.1, 0.15) is 5.75 Å². The number of aromatic nitrogens is 3. The number of methoxy groups -OCH3 is 1. The van der Waals surface area contributed by atoms with Gasteiger partial charge in [-0.05, 0) is 26.3 Å². The minimum atomic E-state index is -0.156. The van der Waals surface area contributed by atoms with Crippen LogP contribution >= 0.6 is 0 Å². The lowest BCUT2D eigenvalue weighted by molar-refractivity contribution is 0.416. The molecule has 0 spiro atoms. The van der Waals surface area contributed by atoms with Crippen molar-refractivity contribution >= 4 is 5.65 Å². The number of fused-ring (bicyclic) bond motifs is 1. The highest BCUT2D eigenvalue weighted by Crippen LogP contribution is 2.34. The van der Waals surface area contributed by atoms with E-state index in [1.165, 1.54) is 4.52 Å². The molecule has 0 saturated heterocycles. The molecule has 24 heavy (non-hydrogen) atoms. The van der Waals surface area contributed by atoms with Gasteiger partial charge in [-0.3, -0.25) is 9.89 Å². The van der Waals surface area contributed by atoms with Crippen molar-refractivity contribution in [1.82, 2.24) is 14.6 Å². The molecule has 2 heterocycles. The topological polar surface area (TPSA) is 83.2 Å². The molecule has 0 radical (unpaired) electrons. The zero-order chi connectivity index (χ0) is 17.3. The molecule has 122 valence electrons. The fourth-order valence-corrected chi connectivity index (χ4v) is 2.97. The summed E-state index contributed by atoms with van der Waals surface area (Å²) in [4.78, 5) is 17.4. The van der Waals surface area contributed by atoms with Crippen LogP contribution in [0.2, 0.25) is 0 Å². The van der Waals surface area contributed by atoms with Crippen LogP contribution < -0.4 is 10.3 Å². The average Bonchev–Trinajstić information content (AvgIpc) is 2.91. The molecule has 0 saturated carbocycles. The summed E-state index contributed by atoms with van der Waals surface area (Å²) in [6, 6.07) is 9.72. The predicted molar refractivity (Wildman–Crippen MR) is 91.2 cm³/mol. The van der Waals surface area contributed by atoms with Crippen LogP contribution in [0.15, 0.2) is 29.1 Å². The second-order valence-corrected chi connectivity index (χ2v) is 5.61. The number of nitrogens with one attached hydrogen (secondary N) is 1. The van der Waals surface area contributed by atoms with Crippen molar-refractivity contribution in [2.45, 2.75) is 26.7 Å². The van der Waals surface area contributed by atoms with Crippen molar-refractivity contribution in [3.8, 4) is 22.9 Å². The monoisotopic (exact) mass is 322 g/mol. The van der Waals surface area contributed by atoms with E-state index in [0.29, 0.717) is 29.7 Å². The van der Waals surface area contributed by atoms with Crippen molar-refractivity contribution in [1.29, 1.82) is 5.26 Å². The van der Waals surface area contributed by atoms with E-state index in [-0.39, 0.29) is 5.56 Å². The molecule has 3 aromatic rings. The lowest BCUT2D eigenvalue weighted by atomic mass is 10.0. The van der Waals surface area contributed by atoms with Gasteiger partial charge in [0, 0.05) is 28.9 Å². The third kappa shape index (κ3) is 2.44. The Labute approximate surface area is 139 Å². The Kier molecular flexibility index (Phi) is 4.09. The van der Waals surface area contributed by atoms with E-state index >= 15 is 0 Å². The molecule has 0 aliphatic rings. The summed E-state index contributed by atoms with van der Waals surface area (Å²) in [6.07, 6.45) is 0.696. The number of aromatic amines is 1. The number of rotatable bonds is 4. The fourth-order valence-electron chi connectivity index (χ4n) is 2.97. The van der Waals surface area contributed by atoms with E-state index in [4.69, 9.17) is 10.00 Å². The van der Waals surface area contributed by atoms with Crippen LogP contribution in [0.3, 0.4) is 0 Å². The maximum absolute atomic E-state index is 12.8. The van der Waals surface area contributed by atoms with Gasteiger partial charge in [0.2, 0.25) is 0 Å². The molecule has 2 aromatic heterocycles. The van der Waals surface area contributed by atoms with Gasteiger partial charge in [0.15, 0.2) is 5.65 Å². The Morgan fingerprint density at radius 3 is 2.79 bits per heavy atom. The highest BCUT2D eigenvalue weighted by atomic mass is 16.5. The highest BCUT2D eigenvalue weighted by molar-refractivity contribution is 5.83. The molecule has 6 nitrogen and oxygen atoms in total. The number of H-pyrrole nitrogens is 1. The van der Waals surface area contributed by atoms with Gasteiger partial charge in [-0.15, -0.1) is 0 Å². The molecule has 0 aliphatic carbocycles. The number of ether oxygens (including phenoxy) is 1. The molecule has 0 unspecified atom stereocenters. The minimum Gasteiger partial charge on any atom is -0.496 e. The Hall–Kier alpha value is -3.07. The van der Waals surface area contributed by atoms with Crippen LogP contribution in [0, 0.1) is 25.2 Å². The van der Waals surface area contributed by atoms with Crippen LogP contribution in [-0.2, 0) is 6.42 Å². The third-order valence-corrected chi connectivity index (χ3v) is 4.12. The smallest absolute Gasteiger partial charge is 0.276 e. The first-order valence-corrected chi connectivity index (χ1v) is 7.69. The van der Waals surface area contributed by atoms with Crippen LogP contribution in [0.25, 0.3) is 16.8 Å². The zero-order valence-electron chi connectivity index (χ0n) is 13.9. The van der Waals surface area contributed by atoms with Crippen molar-refractivity contribution in [2.75, 3.05) is 7.11 Å².